The van der Waals surface area contributed by atoms with Gasteiger partial charge in [0.25, 0.3) is 0 Å². The summed E-state index contributed by atoms with van der Waals surface area (Å²) < 4.78 is 0. The molecular weight excluding hydrogens is 178 g/mol. The van der Waals surface area contributed by atoms with Crippen LogP contribution in [0.3, 0.4) is 0 Å². The van der Waals surface area contributed by atoms with E-state index >= 15 is 0 Å². The van der Waals surface area contributed by atoms with Gasteiger partial charge in [-0.05, 0) is 17.0 Å². The van der Waals surface area contributed by atoms with Crippen molar-refractivity contribution < 1.29 is 4.92 Å². The van der Waals surface area contributed by atoms with E-state index < -0.39 is 0 Å². The number of rotatable bonds is 4. The molecule has 0 atom stereocenters. The quantitative estimate of drug-likeness (QED) is 0.545. The largest absolute Gasteiger partial charge is 0.265 e. The molecule has 1 rings (SSSR count). The molecular formula is C11H15NO2. The van der Waals surface area contributed by atoms with E-state index in [9.17, 15) is 10.1 Å². The van der Waals surface area contributed by atoms with Gasteiger partial charge in [-0.25, -0.2) is 0 Å². The van der Waals surface area contributed by atoms with Crippen LogP contribution in [0.1, 0.15) is 30.9 Å². The zero-order valence-electron chi connectivity index (χ0n) is 8.56. The van der Waals surface area contributed by atoms with Crippen molar-refractivity contribution in [3.05, 3.63) is 45.5 Å². The summed E-state index contributed by atoms with van der Waals surface area (Å²) in [7, 11) is 0. The van der Waals surface area contributed by atoms with Crippen LogP contribution in [0, 0.1) is 10.1 Å². The predicted molar refractivity (Wildman–Crippen MR) is 56.1 cm³/mol. The molecule has 1 aromatic rings. The first-order chi connectivity index (χ1) is 6.61. The predicted octanol–water partition coefficient (Wildman–Crippen LogP) is 2.63. The molecule has 3 nitrogen and oxygen atoms in total. The Balaban J connectivity index is 2.79. The lowest BCUT2D eigenvalue weighted by Gasteiger charge is -2.10. The zero-order valence-corrected chi connectivity index (χ0v) is 8.56. The van der Waals surface area contributed by atoms with Gasteiger partial charge in [-0.2, -0.15) is 0 Å². The highest BCUT2D eigenvalue weighted by Gasteiger charge is 2.07. The van der Waals surface area contributed by atoms with Crippen LogP contribution in [-0.4, -0.2) is 11.5 Å². The Bertz CT molecular complexity index is 321. The second-order valence-electron chi connectivity index (χ2n) is 3.66. The minimum atomic E-state index is -0.267. The van der Waals surface area contributed by atoms with Crippen molar-refractivity contribution in [2.45, 2.75) is 26.2 Å². The molecule has 0 radical (unpaired) electrons. The number of nitro groups is 1. The highest BCUT2D eigenvalue weighted by atomic mass is 16.6. The normalized spacial score (nSPS) is 10.5. The molecule has 0 spiro atoms. The van der Waals surface area contributed by atoms with Crippen LogP contribution < -0.4 is 0 Å². The minimum Gasteiger partial charge on any atom is -0.265 e. The molecule has 0 aliphatic rings. The first kappa shape index (κ1) is 10.7. The Hall–Kier alpha value is -1.38. The Morgan fingerprint density at radius 2 is 2.00 bits per heavy atom. The monoisotopic (exact) mass is 193 g/mol. The van der Waals surface area contributed by atoms with Gasteiger partial charge >= 0.3 is 0 Å². The summed E-state index contributed by atoms with van der Waals surface area (Å²) in [6.45, 7) is 4.22. The van der Waals surface area contributed by atoms with Gasteiger partial charge in [-0.15, -0.1) is 0 Å². The van der Waals surface area contributed by atoms with Gasteiger partial charge < -0.3 is 0 Å². The van der Waals surface area contributed by atoms with Crippen LogP contribution in [0.5, 0.6) is 0 Å². The van der Waals surface area contributed by atoms with Crippen LogP contribution >= 0.6 is 0 Å². The molecule has 1 aromatic carbocycles. The third kappa shape index (κ3) is 2.83. The van der Waals surface area contributed by atoms with E-state index in [4.69, 9.17) is 0 Å². The molecule has 0 fully saturated rings. The van der Waals surface area contributed by atoms with Gasteiger partial charge in [0.2, 0.25) is 6.54 Å². The van der Waals surface area contributed by atoms with E-state index in [2.05, 4.69) is 13.8 Å². The number of hydrogen-bond donors (Lipinski definition) is 0. The van der Waals surface area contributed by atoms with Crippen LogP contribution in [0.25, 0.3) is 0 Å². The first-order valence-corrected chi connectivity index (χ1v) is 4.81. The number of benzene rings is 1. The average Bonchev–Trinajstić information content (AvgIpc) is 2.15. The Morgan fingerprint density at radius 1 is 1.36 bits per heavy atom. The lowest BCUT2D eigenvalue weighted by Crippen LogP contribution is -2.06. The van der Waals surface area contributed by atoms with Crippen LogP contribution in [0.2, 0.25) is 0 Å². The molecule has 0 saturated heterocycles. The minimum absolute atomic E-state index is 0.0176. The van der Waals surface area contributed by atoms with Crippen LogP contribution in [0.4, 0.5) is 0 Å². The summed E-state index contributed by atoms with van der Waals surface area (Å²) in [5, 5.41) is 10.3. The summed E-state index contributed by atoms with van der Waals surface area (Å²) in [6.07, 6.45) is 0.529. The molecule has 3 heteroatoms. The van der Waals surface area contributed by atoms with Gasteiger partial charge in [0.15, 0.2) is 0 Å². The van der Waals surface area contributed by atoms with Crippen molar-refractivity contribution in [3.63, 3.8) is 0 Å². The zero-order chi connectivity index (χ0) is 10.6. The maximum Gasteiger partial charge on any atom is 0.207 e. The van der Waals surface area contributed by atoms with E-state index in [1.807, 2.05) is 24.3 Å². The lowest BCUT2D eigenvalue weighted by atomic mass is 9.95. The fourth-order valence-corrected chi connectivity index (χ4v) is 1.54. The maximum atomic E-state index is 10.3. The molecule has 76 valence electrons. The molecule has 0 aliphatic heterocycles. The van der Waals surface area contributed by atoms with E-state index in [0.29, 0.717) is 12.3 Å². The van der Waals surface area contributed by atoms with E-state index in [1.165, 1.54) is 5.56 Å². The highest BCUT2D eigenvalue weighted by Crippen LogP contribution is 2.19. The SMILES string of the molecule is CC(C)c1ccccc1CC[N+](=O)[O-]. The van der Waals surface area contributed by atoms with Gasteiger partial charge in [-0.1, -0.05) is 38.1 Å². The Labute approximate surface area is 83.9 Å². The molecule has 14 heavy (non-hydrogen) atoms. The third-order valence-corrected chi connectivity index (χ3v) is 2.24. The van der Waals surface area contributed by atoms with Crippen molar-refractivity contribution in [2.75, 3.05) is 6.54 Å². The van der Waals surface area contributed by atoms with E-state index in [-0.39, 0.29) is 11.5 Å². The molecule has 0 unspecified atom stereocenters. The van der Waals surface area contributed by atoms with Gasteiger partial charge in [-0.3, -0.25) is 10.1 Å². The fourth-order valence-electron chi connectivity index (χ4n) is 1.54. The van der Waals surface area contributed by atoms with Crippen molar-refractivity contribution >= 4 is 0 Å². The highest BCUT2D eigenvalue weighted by molar-refractivity contribution is 5.29. The summed E-state index contributed by atoms with van der Waals surface area (Å²) in [5.41, 5.74) is 2.31. The number of nitrogens with zero attached hydrogens (tertiary/aromatic N) is 1. The summed E-state index contributed by atoms with van der Waals surface area (Å²) in [4.78, 5) is 9.99. The second-order valence-corrected chi connectivity index (χ2v) is 3.66. The topological polar surface area (TPSA) is 43.1 Å². The molecule has 0 saturated carbocycles. The van der Waals surface area contributed by atoms with E-state index in [1.54, 1.807) is 0 Å². The second kappa shape index (κ2) is 4.74. The van der Waals surface area contributed by atoms with Gasteiger partial charge in [0.05, 0.1) is 0 Å². The Morgan fingerprint density at radius 3 is 2.57 bits per heavy atom. The summed E-state index contributed by atoms with van der Waals surface area (Å²) >= 11 is 0. The van der Waals surface area contributed by atoms with Crippen molar-refractivity contribution in [3.8, 4) is 0 Å². The molecule has 0 N–H and O–H groups in total. The van der Waals surface area contributed by atoms with Crippen molar-refractivity contribution in [1.29, 1.82) is 0 Å². The third-order valence-electron chi connectivity index (χ3n) is 2.24. The molecule has 0 heterocycles. The van der Waals surface area contributed by atoms with Crippen LogP contribution in [0.15, 0.2) is 24.3 Å². The van der Waals surface area contributed by atoms with E-state index in [0.717, 1.165) is 5.56 Å². The van der Waals surface area contributed by atoms with Crippen molar-refractivity contribution in [1.82, 2.24) is 0 Å². The standard InChI is InChI=1S/C11H15NO2/c1-9(2)11-6-4-3-5-10(11)7-8-12(13)14/h3-6,9H,7-8H2,1-2H3. The number of hydrogen-bond acceptors (Lipinski definition) is 2. The molecule has 0 bridgehead atoms. The smallest absolute Gasteiger partial charge is 0.207 e. The Kier molecular flexibility index (Phi) is 3.63. The molecule has 0 aliphatic carbocycles. The molecule has 0 aromatic heterocycles. The van der Waals surface area contributed by atoms with Gasteiger partial charge in [0.1, 0.15) is 0 Å². The first-order valence-electron chi connectivity index (χ1n) is 4.81. The summed E-state index contributed by atoms with van der Waals surface area (Å²) in [6, 6.07) is 7.92. The van der Waals surface area contributed by atoms with Crippen LogP contribution in [-0.2, 0) is 6.42 Å². The molecule has 0 amide bonds. The van der Waals surface area contributed by atoms with Crippen molar-refractivity contribution in [2.24, 2.45) is 0 Å². The maximum absolute atomic E-state index is 10.3. The lowest BCUT2D eigenvalue weighted by molar-refractivity contribution is -0.479. The fraction of sp³-hybridized carbons (Fsp3) is 0.455. The van der Waals surface area contributed by atoms with Gasteiger partial charge in [0, 0.05) is 11.3 Å². The average molecular weight is 193 g/mol. The summed E-state index contributed by atoms with van der Waals surface area (Å²) in [5.74, 6) is 0.429.